The van der Waals surface area contributed by atoms with Gasteiger partial charge in [0.2, 0.25) is 5.91 Å². The first-order valence-electron chi connectivity index (χ1n) is 23.0. The molecule has 0 spiro atoms. The molecule has 0 radical (unpaired) electrons. The van der Waals surface area contributed by atoms with Gasteiger partial charge < -0.3 is 20.6 Å². The van der Waals surface area contributed by atoms with E-state index in [0.717, 1.165) is 32.1 Å². The zero-order valence-corrected chi connectivity index (χ0v) is 34.5. The van der Waals surface area contributed by atoms with Crippen LogP contribution in [0.5, 0.6) is 0 Å². The Labute approximate surface area is 319 Å². The number of unbranched alkanes of at least 4 members (excludes halogenated alkanes) is 31. The van der Waals surface area contributed by atoms with Gasteiger partial charge in [-0.1, -0.05) is 219 Å². The van der Waals surface area contributed by atoms with Gasteiger partial charge >= 0.3 is 0 Å². The Morgan fingerprint density at radius 1 is 0.471 bits per heavy atom. The Morgan fingerprint density at radius 2 is 0.784 bits per heavy atom. The molecule has 304 valence electrons. The van der Waals surface area contributed by atoms with Crippen molar-refractivity contribution in [2.24, 2.45) is 0 Å². The summed E-state index contributed by atoms with van der Waals surface area (Å²) in [5.74, 6) is -0.285. The Bertz CT molecular complexity index is 713. The van der Waals surface area contributed by atoms with Crippen LogP contribution in [0.15, 0.2) is 12.2 Å². The van der Waals surface area contributed by atoms with Crippen molar-refractivity contribution in [1.29, 1.82) is 0 Å². The Morgan fingerprint density at radius 3 is 1.14 bits per heavy atom. The molecular weight excluding hydrogens is 631 g/mol. The SMILES string of the molecule is CCCCCCCCCCC/C=C\CCCCCCCC(O)CC(=O)NC(CO)C(O)CCCCCCCCCCCCCCCCCCCC. The van der Waals surface area contributed by atoms with Gasteiger partial charge in [0.05, 0.1) is 31.3 Å². The fraction of sp³-hybridized carbons (Fsp3) is 0.935. The molecule has 0 aromatic rings. The van der Waals surface area contributed by atoms with E-state index in [4.69, 9.17) is 0 Å². The van der Waals surface area contributed by atoms with E-state index in [0.29, 0.717) is 12.8 Å². The number of hydrogen-bond acceptors (Lipinski definition) is 4. The van der Waals surface area contributed by atoms with E-state index >= 15 is 0 Å². The lowest BCUT2D eigenvalue weighted by molar-refractivity contribution is -0.125. The minimum Gasteiger partial charge on any atom is -0.394 e. The normalized spacial score (nSPS) is 13.6. The first kappa shape index (κ1) is 50.1. The lowest BCUT2D eigenvalue weighted by Gasteiger charge is -2.23. The van der Waals surface area contributed by atoms with Gasteiger partial charge in [-0.15, -0.1) is 0 Å². The second-order valence-electron chi connectivity index (χ2n) is 16.0. The van der Waals surface area contributed by atoms with Gasteiger partial charge in [-0.25, -0.2) is 0 Å². The Balaban J connectivity index is 3.60. The number of nitrogens with one attached hydrogen (secondary N) is 1. The zero-order valence-electron chi connectivity index (χ0n) is 34.5. The third-order valence-electron chi connectivity index (χ3n) is 10.8. The third-order valence-corrected chi connectivity index (χ3v) is 10.8. The van der Waals surface area contributed by atoms with E-state index in [9.17, 15) is 20.1 Å². The molecule has 0 saturated carbocycles. The highest BCUT2D eigenvalue weighted by Gasteiger charge is 2.21. The van der Waals surface area contributed by atoms with Crippen molar-refractivity contribution in [3.8, 4) is 0 Å². The number of allylic oxidation sites excluding steroid dienone is 2. The van der Waals surface area contributed by atoms with Crippen LogP contribution in [0.4, 0.5) is 0 Å². The van der Waals surface area contributed by atoms with Crippen LogP contribution in [0, 0.1) is 0 Å². The van der Waals surface area contributed by atoms with Crippen molar-refractivity contribution in [2.45, 2.75) is 270 Å². The number of carbonyl (C=O) groups is 1. The van der Waals surface area contributed by atoms with Gasteiger partial charge in [0.25, 0.3) is 0 Å². The molecule has 0 heterocycles. The quantitative estimate of drug-likeness (QED) is 0.0373. The molecule has 51 heavy (non-hydrogen) atoms. The summed E-state index contributed by atoms with van der Waals surface area (Å²) in [7, 11) is 0. The summed E-state index contributed by atoms with van der Waals surface area (Å²) in [6.07, 6.45) is 48.9. The van der Waals surface area contributed by atoms with E-state index in [2.05, 4.69) is 31.3 Å². The summed E-state index contributed by atoms with van der Waals surface area (Å²) in [5.41, 5.74) is 0. The zero-order chi connectivity index (χ0) is 37.3. The molecule has 3 unspecified atom stereocenters. The largest absolute Gasteiger partial charge is 0.394 e. The van der Waals surface area contributed by atoms with Crippen molar-refractivity contribution in [3.05, 3.63) is 12.2 Å². The number of aliphatic hydroxyl groups is 3. The highest BCUT2D eigenvalue weighted by molar-refractivity contribution is 5.76. The molecule has 0 aromatic carbocycles. The van der Waals surface area contributed by atoms with Gasteiger partial charge in [-0.3, -0.25) is 4.79 Å². The standard InChI is InChI=1S/C46H91NO4/c1-3-5-7-9-11-13-15-17-19-21-23-25-27-29-31-33-35-37-39-43(49)41-46(51)47-44(42-48)45(50)40-38-36-34-32-30-28-26-24-22-20-18-16-14-12-10-8-6-4-2/h23,25,43-45,48-50H,3-22,24,26-42H2,1-2H3,(H,47,51)/b25-23-. The third kappa shape index (κ3) is 38.6. The fourth-order valence-corrected chi connectivity index (χ4v) is 7.28. The molecule has 0 bridgehead atoms. The maximum atomic E-state index is 12.5. The van der Waals surface area contributed by atoms with Crippen molar-refractivity contribution >= 4 is 5.91 Å². The molecule has 0 fully saturated rings. The van der Waals surface area contributed by atoms with Gasteiger partial charge in [-0.2, -0.15) is 0 Å². The highest BCUT2D eigenvalue weighted by Crippen LogP contribution is 2.16. The van der Waals surface area contributed by atoms with Crippen LogP contribution in [0.3, 0.4) is 0 Å². The second kappa shape index (κ2) is 41.8. The average molecular weight is 722 g/mol. The first-order chi connectivity index (χ1) is 25.0. The fourth-order valence-electron chi connectivity index (χ4n) is 7.28. The van der Waals surface area contributed by atoms with Crippen molar-refractivity contribution in [1.82, 2.24) is 5.32 Å². The van der Waals surface area contributed by atoms with E-state index in [1.54, 1.807) is 0 Å². The van der Waals surface area contributed by atoms with Gasteiger partial charge in [0.15, 0.2) is 0 Å². The highest BCUT2D eigenvalue weighted by atomic mass is 16.3. The van der Waals surface area contributed by atoms with E-state index in [1.807, 2.05) is 0 Å². The Hall–Kier alpha value is -0.910. The van der Waals surface area contributed by atoms with Crippen LogP contribution < -0.4 is 5.32 Å². The van der Waals surface area contributed by atoms with Crippen LogP contribution in [0.25, 0.3) is 0 Å². The van der Waals surface area contributed by atoms with Crippen LogP contribution in [-0.2, 0) is 4.79 Å². The monoisotopic (exact) mass is 722 g/mol. The van der Waals surface area contributed by atoms with Crippen LogP contribution in [0.2, 0.25) is 0 Å². The summed E-state index contributed by atoms with van der Waals surface area (Å²) in [4.78, 5) is 12.5. The molecule has 0 rings (SSSR count). The molecule has 4 N–H and O–H groups in total. The minimum atomic E-state index is -0.748. The number of aliphatic hydroxyl groups excluding tert-OH is 3. The molecule has 5 heteroatoms. The molecule has 0 aliphatic rings. The van der Waals surface area contributed by atoms with Crippen molar-refractivity contribution < 1.29 is 20.1 Å². The molecule has 0 saturated heterocycles. The average Bonchev–Trinajstić information content (AvgIpc) is 3.12. The van der Waals surface area contributed by atoms with Gasteiger partial charge in [-0.05, 0) is 38.5 Å². The van der Waals surface area contributed by atoms with E-state index < -0.39 is 18.2 Å². The lowest BCUT2D eigenvalue weighted by Crippen LogP contribution is -2.46. The predicted molar refractivity (Wildman–Crippen MR) is 222 cm³/mol. The molecule has 0 aromatic heterocycles. The summed E-state index contributed by atoms with van der Waals surface area (Å²) in [6, 6.07) is -0.658. The lowest BCUT2D eigenvalue weighted by atomic mass is 10.0. The summed E-state index contributed by atoms with van der Waals surface area (Å²) in [6.45, 7) is 4.28. The molecule has 5 nitrogen and oxygen atoms in total. The number of carbonyl (C=O) groups excluding carboxylic acids is 1. The maximum Gasteiger partial charge on any atom is 0.222 e. The number of amides is 1. The van der Waals surface area contributed by atoms with Crippen LogP contribution in [-0.4, -0.2) is 46.1 Å². The summed E-state index contributed by atoms with van der Waals surface area (Å²) < 4.78 is 0. The second-order valence-corrected chi connectivity index (χ2v) is 16.0. The van der Waals surface area contributed by atoms with E-state index in [1.165, 1.54) is 186 Å². The van der Waals surface area contributed by atoms with Crippen LogP contribution in [0.1, 0.15) is 251 Å². The molecular formula is C46H91NO4. The molecule has 0 aliphatic heterocycles. The van der Waals surface area contributed by atoms with Crippen molar-refractivity contribution in [3.63, 3.8) is 0 Å². The smallest absolute Gasteiger partial charge is 0.222 e. The molecule has 1 amide bonds. The predicted octanol–water partition coefficient (Wildman–Crippen LogP) is 13.2. The van der Waals surface area contributed by atoms with Crippen molar-refractivity contribution in [2.75, 3.05) is 6.61 Å². The number of rotatable bonds is 42. The minimum absolute atomic E-state index is 0.0339. The molecule has 3 atom stereocenters. The Kier molecular flexibility index (Phi) is 41.1. The van der Waals surface area contributed by atoms with E-state index in [-0.39, 0.29) is 18.9 Å². The topological polar surface area (TPSA) is 89.8 Å². The first-order valence-corrected chi connectivity index (χ1v) is 23.0. The van der Waals surface area contributed by atoms with Gasteiger partial charge in [0, 0.05) is 0 Å². The van der Waals surface area contributed by atoms with Crippen LogP contribution >= 0.6 is 0 Å². The summed E-state index contributed by atoms with van der Waals surface area (Å²) >= 11 is 0. The number of hydrogen-bond donors (Lipinski definition) is 4. The molecule has 0 aliphatic carbocycles. The van der Waals surface area contributed by atoms with Gasteiger partial charge in [0.1, 0.15) is 0 Å². The summed E-state index contributed by atoms with van der Waals surface area (Å²) in [5, 5.41) is 33.4. The maximum absolute atomic E-state index is 12.5.